The highest BCUT2D eigenvalue weighted by Crippen LogP contribution is 2.27. The van der Waals surface area contributed by atoms with Crippen molar-refractivity contribution in [2.24, 2.45) is 5.41 Å². The number of halogens is 2. The Morgan fingerprint density at radius 3 is 2.47 bits per heavy atom. The van der Waals surface area contributed by atoms with E-state index >= 15 is 0 Å². The lowest BCUT2D eigenvalue weighted by atomic mass is 9.83. The molecule has 0 atom stereocenters. The Labute approximate surface area is 110 Å². The molecular formula is C13H19BrFNO. The van der Waals surface area contributed by atoms with Crippen LogP contribution >= 0.6 is 15.9 Å². The van der Waals surface area contributed by atoms with Crippen molar-refractivity contribution < 1.29 is 9.50 Å². The van der Waals surface area contributed by atoms with E-state index in [1.54, 1.807) is 12.1 Å². The summed E-state index contributed by atoms with van der Waals surface area (Å²) in [6.07, 6.45) is 1.73. The predicted octanol–water partition coefficient (Wildman–Crippen LogP) is 3.80. The zero-order chi connectivity index (χ0) is 12.9. The van der Waals surface area contributed by atoms with Gasteiger partial charge in [0.2, 0.25) is 0 Å². The highest BCUT2D eigenvalue weighted by molar-refractivity contribution is 9.10. The van der Waals surface area contributed by atoms with Gasteiger partial charge in [0.25, 0.3) is 0 Å². The zero-order valence-corrected chi connectivity index (χ0v) is 11.8. The maximum atomic E-state index is 13.6. The van der Waals surface area contributed by atoms with Gasteiger partial charge in [-0.2, -0.15) is 0 Å². The molecule has 0 saturated heterocycles. The summed E-state index contributed by atoms with van der Waals surface area (Å²) in [6.45, 7) is 4.78. The largest absolute Gasteiger partial charge is 0.396 e. The summed E-state index contributed by atoms with van der Waals surface area (Å²) in [6, 6.07) is 4.93. The molecule has 2 nitrogen and oxygen atoms in total. The number of nitrogens with one attached hydrogen (secondary N) is 1. The minimum atomic E-state index is -0.279. The Hall–Kier alpha value is -0.610. The molecule has 0 aliphatic rings. The molecule has 0 radical (unpaired) electrons. The van der Waals surface area contributed by atoms with Crippen molar-refractivity contribution in [2.75, 3.05) is 18.5 Å². The van der Waals surface area contributed by atoms with Crippen molar-refractivity contribution in [1.29, 1.82) is 0 Å². The van der Waals surface area contributed by atoms with Crippen LogP contribution in [-0.2, 0) is 0 Å². The second-order valence-corrected chi connectivity index (χ2v) is 5.26. The molecule has 0 heterocycles. The molecule has 0 aliphatic heterocycles. The first-order chi connectivity index (χ1) is 8.06. The van der Waals surface area contributed by atoms with E-state index in [1.807, 2.05) is 13.8 Å². The molecule has 0 saturated carbocycles. The fraction of sp³-hybridized carbons (Fsp3) is 0.538. The van der Waals surface area contributed by atoms with E-state index in [1.165, 1.54) is 6.07 Å². The molecule has 1 aromatic carbocycles. The number of benzene rings is 1. The Kier molecular flexibility index (Phi) is 5.40. The Balaban J connectivity index is 2.72. The summed E-state index contributed by atoms with van der Waals surface area (Å²) in [5.74, 6) is -0.279. The van der Waals surface area contributed by atoms with Gasteiger partial charge >= 0.3 is 0 Å². The van der Waals surface area contributed by atoms with E-state index in [0.717, 1.165) is 17.3 Å². The van der Waals surface area contributed by atoms with Crippen molar-refractivity contribution in [1.82, 2.24) is 0 Å². The van der Waals surface area contributed by atoms with Crippen LogP contribution in [0, 0.1) is 11.2 Å². The molecule has 96 valence electrons. The van der Waals surface area contributed by atoms with E-state index < -0.39 is 0 Å². The highest BCUT2D eigenvalue weighted by atomic mass is 79.9. The standard InChI is InChI=1S/C13H19BrFNO/c1-3-13(4-2,9-17)8-16-12-6-5-10(14)7-11(12)15/h5-7,16-17H,3-4,8-9H2,1-2H3. The molecule has 0 amide bonds. The average molecular weight is 304 g/mol. The summed E-state index contributed by atoms with van der Waals surface area (Å²) in [5, 5.41) is 12.5. The number of hydrogen-bond acceptors (Lipinski definition) is 2. The minimum Gasteiger partial charge on any atom is -0.396 e. The van der Waals surface area contributed by atoms with Crippen LogP contribution in [0.25, 0.3) is 0 Å². The van der Waals surface area contributed by atoms with Crippen molar-refractivity contribution >= 4 is 21.6 Å². The van der Waals surface area contributed by atoms with Crippen LogP contribution in [0.3, 0.4) is 0 Å². The fourth-order valence-corrected chi connectivity index (χ4v) is 2.03. The molecule has 1 aromatic rings. The zero-order valence-electron chi connectivity index (χ0n) is 10.3. The van der Waals surface area contributed by atoms with Gasteiger partial charge in [0.1, 0.15) is 5.82 Å². The number of hydrogen-bond donors (Lipinski definition) is 2. The first-order valence-corrected chi connectivity index (χ1v) is 6.66. The summed E-state index contributed by atoms with van der Waals surface area (Å²) in [5.41, 5.74) is 0.312. The van der Waals surface area contributed by atoms with Crippen molar-refractivity contribution in [3.8, 4) is 0 Å². The van der Waals surface area contributed by atoms with E-state index in [-0.39, 0.29) is 17.8 Å². The van der Waals surface area contributed by atoms with E-state index in [9.17, 15) is 9.50 Å². The summed E-state index contributed by atoms with van der Waals surface area (Å²) in [4.78, 5) is 0. The molecule has 0 spiro atoms. The molecule has 0 aliphatic carbocycles. The molecule has 4 heteroatoms. The van der Waals surface area contributed by atoms with E-state index in [2.05, 4.69) is 21.2 Å². The molecule has 0 fully saturated rings. The molecular weight excluding hydrogens is 285 g/mol. The third-order valence-electron chi connectivity index (χ3n) is 3.42. The van der Waals surface area contributed by atoms with Gasteiger partial charge in [-0.05, 0) is 31.0 Å². The summed E-state index contributed by atoms with van der Waals surface area (Å²) in [7, 11) is 0. The maximum Gasteiger partial charge on any atom is 0.147 e. The predicted molar refractivity (Wildman–Crippen MR) is 72.7 cm³/mol. The second-order valence-electron chi connectivity index (χ2n) is 4.34. The van der Waals surface area contributed by atoms with Gasteiger partial charge in [0, 0.05) is 16.4 Å². The topological polar surface area (TPSA) is 32.3 Å². The molecule has 2 N–H and O–H groups in total. The maximum absolute atomic E-state index is 13.6. The van der Waals surface area contributed by atoms with Gasteiger partial charge in [0.05, 0.1) is 12.3 Å². The average Bonchev–Trinajstić information content (AvgIpc) is 2.33. The molecule has 17 heavy (non-hydrogen) atoms. The van der Waals surface area contributed by atoms with Crippen LogP contribution in [-0.4, -0.2) is 18.3 Å². The number of aliphatic hydroxyl groups is 1. The van der Waals surface area contributed by atoms with Gasteiger partial charge in [-0.1, -0.05) is 29.8 Å². The van der Waals surface area contributed by atoms with E-state index in [4.69, 9.17) is 0 Å². The Morgan fingerprint density at radius 2 is 2.00 bits per heavy atom. The SMILES string of the molecule is CCC(CC)(CO)CNc1ccc(Br)cc1F. The molecule has 0 aromatic heterocycles. The minimum absolute atomic E-state index is 0.116. The lowest BCUT2D eigenvalue weighted by molar-refractivity contribution is 0.127. The van der Waals surface area contributed by atoms with Crippen molar-refractivity contribution in [2.45, 2.75) is 26.7 Å². The van der Waals surface area contributed by atoms with Crippen LogP contribution < -0.4 is 5.32 Å². The van der Waals surface area contributed by atoms with Gasteiger partial charge in [0.15, 0.2) is 0 Å². The van der Waals surface area contributed by atoms with Crippen molar-refractivity contribution in [3.63, 3.8) is 0 Å². The Morgan fingerprint density at radius 1 is 1.35 bits per heavy atom. The first-order valence-electron chi connectivity index (χ1n) is 5.86. The third kappa shape index (κ3) is 3.68. The van der Waals surface area contributed by atoms with Crippen LogP contribution in [0.15, 0.2) is 22.7 Å². The Bertz CT molecular complexity index is 358. The normalized spacial score (nSPS) is 11.6. The first kappa shape index (κ1) is 14.5. The van der Waals surface area contributed by atoms with Gasteiger partial charge < -0.3 is 10.4 Å². The smallest absolute Gasteiger partial charge is 0.147 e. The van der Waals surface area contributed by atoms with Gasteiger partial charge in [-0.25, -0.2) is 4.39 Å². The molecule has 0 bridgehead atoms. The van der Waals surface area contributed by atoms with Gasteiger partial charge in [-0.3, -0.25) is 0 Å². The number of rotatable bonds is 6. The van der Waals surface area contributed by atoms with Crippen LogP contribution in [0.4, 0.5) is 10.1 Å². The number of anilines is 1. The number of aliphatic hydroxyl groups excluding tert-OH is 1. The second kappa shape index (κ2) is 6.36. The third-order valence-corrected chi connectivity index (χ3v) is 3.91. The monoisotopic (exact) mass is 303 g/mol. The van der Waals surface area contributed by atoms with Gasteiger partial charge in [-0.15, -0.1) is 0 Å². The summed E-state index contributed by atoms with van der Waals surface area (Å²) < 4.78 is 14.3. The summed E-state index contributed by atoms with van der Waals surface area (Å²) >= 11 is 3.22. The van der Waals surface area contributed by atoms with Crippen LogP contribution in [0.1, 0.15) is 26.7 Å². The van der Waals surface area contributed by atoms with Crippen LogP contribution in [0.5, 0.6) is 0 Å². The molecule has 1 rings (SSSR count). The van der Waals surface area contributed by atoms with E-state index in [0.29, 0.717) is 12.2 Å². The lowest BCUT2D eigenvalue weighted by Gasteiger charge is -2.30. The fourth-order valence-electron chi connectivity index (χ4n) is 1.70. The lowest BCUT2D eigenvalue weighted by Crippen LogP contribution is -2.32. The van der Waals surface area contributed by atoms with Crippen LogP contribution in [0.2, 0.25) is 0 Å². The quantitative estimate of drug-likeness (QED) is 0.838. The highest BCUT2D eigenvalue weighted by Gasteiger charge is 2.25. The molecule has 0 unspecified atom stereocenters. The van der Waals surface area contributed by atoms with Crippen molar-refractivity contribution in [3.05, 3.63) is 28.5 Å².